The number of carboxylic acids is 1. The van der Waals surface area contributed by atoms with E-state index in [1.54, 1.807) is 21.0 Å². The summed E-state index contributed by atoms with van der Waals surface area (Å²) in [5.74, 6) is -0.510. The van der Waals surface area contributed by atoms with Gasteiger partial charge in [-0.3, -0.25) is 4.79 Å². The van der Waals surface area contributed by atoms with Gasteiger partial charge in [0, 0.05) is 4.90 Å². The SMILES string of the molecule is COc1ccc(SCC(=O)N[C@H](C(=O)O)C(C)C)cc1. The fourth-order valence-corrected chi connectivity index (χ4v) is 2.26. The van der Waals surface area contributed by atoms with Crippen LogP contribution in [0.4, 0.5) is 0 Å². The molecule has 0 heterocycles. The Morgan fingerprint density at radius 3 is 2.35 bits per heavy atom. The number of hydrogen-bond acceptors (Lipinski definition) is 4. The number of amides is 1. The Bertz CT molecular complexity index is 459. The molecule has 0 radical (unpaired) electrons. The van der Waals surface area contributed by atoms with Crippen LogP contribution in [0.15, 0.2) is 29.2 Å². The van der Waals surface area contributed by atoms with Crippen LogP contribution in [0.5, 0.6) is 5.75 Å². The number of benzene rings is 1. The first kappa shape index (κ1) is 16.4. The van der Waals surface area contributed by atoms with Gasteiger partial charge >= 0.3 is 5.97 Å². The molecule has 110 valence electrons. The van der Waals surface area contributed by atoms with Gasteiger partial charge in [0.1, 0.15) is 11.8 Å². The first-order chi connectivity index (χ1) is 9.43. The number of aliphatic carboxylic acids is 1. The molecule has 0 saturated carbocycles. The highest BCUT2D eigenvalue weighted by molar-refractivity contribution is 8.00. The molecule has 6 heteroatoms. The van der Waals surface area contributed by atoms with Crippen molar-refractivity contribution in [2.45, 2.75) is 24.8 Å². The van der Waals surface area contributed by atoms with Gasteiger partial charge in [-0.2, -0.15) is 0 Å². The predicted molar refractivity (Wildman–Crippen MR) is 78.1 cm³/mol. The highest BCUT2D eigenvalue weighted by atomic mass is 32.2. The summed E-state index contributed by atoms with van der Waals surface area (Å²) in [6.07, 6.45) is 0. The average Bonchev–Trinajstić information content (AvgIpc) is 2.42. The molecule has 5 nitrogen and oxygen atoms in total. The number of hydrogen-bond donors (Lipinski definition) is 2. The van der Waals surface area contributed by atoms with Gasteiger partial charge in [-0.1, -0.05) is 13.8 Å². The van der Waals surface area contributed by atoms with E-state index in [4.69, 9.17) is 9.84 Å². The zero-order chi connectivity index (χ0) is 15.1. The van der Waals surface area contributed by atoms with Crippen LogP contribution in [-0.4, -0.2) is 35.9 Å². The average molecular weight is 297 g/mol. The standard InChI is InChI=1S/C14H19NO4S/c1-9(2)13(14(17)18)15-12(16)8-20-11-6-4-10(19-3)5-7-11/h4-7,9,13H,8H2,1-3H3,(H,15,16)(H,17,18)/t13-/m0/s1. The number of nitrogens with one attached hydrogen (secondary N) is 1. The number of ether oxygens (including phenoxy) is 1. The zero-order valence-electron chi connectivity index (χ0n) is 11.8. The van der Waals surface area contributed by atoms with E-state index in [0.717, 1.165) is 10.6 Å². The van der Waals surface area contributed by atoms with E-state index < -0.39 is 12.0 Å². The van der Waals surface area contributed by atoms with Gasteiger partial charge in [0.2, 0.25) is 5.91 Å². The quantitative estimate of drug-likeness (QED) is 0.753. The normalized spacial score (nSPS) is 12.0. The highest BCUT2D eigenvalue weighted by Gasteiger charge is 2.23. The minimum absolute atomic E-state index is 0.151. The van der Waals surface area contributed by atoms with E-state index in [2.05, 4.69) is 5.32 Å². The fraction of sp³-hybridized carbons (Fsp3) is 0.429. The van der Waals surface area contributed by atoms with Crippen LogP contribution >= 0.6 is 11.8 Å². The number of rotatable bonds is 7. The molecule has 0 spiro atoms. The van der Waals surface area contributed by atoms with Crippen LogP contribution in [0.1, 0.15) is 13.8 Å². The van der Waals surface area contributed by atoms with Crippen molar-refractivity contribution >= 4 is 23.6 Å². The van der Waals surface area contributed by atoms with Crippen LogP contribution in [0.25, 0.3) is 0 Å². The van der Waals surface area contributed by atoms with Crippen molar-refractivity contribution < 1.29 is 19.4 Å². The third kappa shape index (κ3) is 5.13. The third-order valence-electron chi connectivity index (χ3n) is 2.68. The van der Waals surface area contributed by atoms with Crippen molar-refractivity contribution in [2.24, 2.45) is 5.92 Å². The maximum absolute atomic E-state index is 11.7. The lowest BCUT2D eigenvalue weighted by Gasteiger charge is -2.17. The van der Waals surface area contributed by atoms with E-state index in [-0.39, 0.29) is 17.6 Å². The van der Waals surface area contributed by atoms with E-state index in [1.165, 1.54) is 11.8 Å². The lowest BCUT2D eigenvalue weighted by molar-refractivity contribution is -0.142. The van der Waals surface area contributed by atoms with Crippen LogP contribution in [0.3, 0.4) is 0 Å². The fourth-order valence-electron chi connectivity index (χ4n) is 1.55. The molecular weight excluding hydrogens is 278 g/mol. The highest BCUT2D eigenvalue weighted by Crippen LogP contribution is 2.21. The van der Waals surface area contributed by atoms with Crippen molar-refractivity contribution in [3.05, 3.63) is 24.3 Å². The van der Waals surface area contributed by atoms with Crippen molar-refractivity contribution in [1.82, 2.24) is 5.32 Å². The Morgan fingerprint density at radius 2 is 1.90 bits per heavy atom. The molecule has 0 saturated heterocycles. The van der Waals surface area contributed by atoms with Gasteiger partial charge in [-0.15, -0.1) is 11.8 Å². The Morgan fingerprint density at radius 1 is 1.30 bits per heavy atom. The van der Waals surface area contributed by atoms with Gasteiger partial charge < -0.3 is 15.2 Å². The third-order valence-corrected chi connectivity index (χ3v) is 3.69. The van der Waals surface area contributed by atoms with Gasteiger partial charge in [0.15, 0.2) is 0 Å². The van der Waals surface area contributed by atoms with Gasteiger partial charge in [0.05, 0.1) is 12.9 Å². The van der Waals surface area contributed by atoms with Crippen molar-refractivity contribution in [3.8, 4) is 5.75 Å². The zero-order valence-corrected chi connectivity index (χ0v) is 12.6. The summed E-state index contributed by atoms with van der Waals surface area (Å²) in [7, 11) is 1.59. The molecule has 0 unspecified atom stereocenters. The Labute approximate surface area is 122 Å². The molecule has 0 fully saturated rings. The van der Waals surface area contributed by atoms with Crippen molar-refractivity contribution in [2.75, 3.05) is 12.9 Å². The van der Waals surface area contributed by atoms with E-state index in [0.29, 0.717) is 0 Å². The number of methoxy groups -OCH3 is 1. The summed E-state index contributed by atoms with van der Waals surface area (Å²) in [5.41, 5.74) is 0. The minimum Gasteiger partial charge on any atom is -0.497 e. The first-order valence-corrected chi connectivity index (χ1v) is 7.21. The smallest absolute Gasteiger partial charge is 0.326 e. The van der Waals surface area contributed by atoms with E-state index in [9.17, 15) is 9.59 Å². The molecule has 1 aromatic carbocycles. The molecule has 2 N–H and O–H groups in total. The van der Waals surface area contributed by atoms with Crippen LogP contribution in [0, 0.1) is 5.92 Å². The largest absolute Gasteiger partial charge is 0.497 e. The summed E-state index contributed by atoms with van der Waals surface area (Å²) in [5, 5.41) is 11.5. The number of carbonyl (C=O) groups is 2. The topological polar surface area (TPSA) is 75.6 Å². The second-order valence-electron chi connectivity index (χ2n) is 4.59. The number of thioether (sulfide) groups is 1. The molecular formula is C14H19NO4S. The second kappa shape index (κ2) is 7.79. The molecule has 0 aliphatic rings. The predicted octanol–water partition coefficient (Wildman–Crippen LogP) is 2.01. The molecule has 1 aromatic rings. The maximum Gasteiger partial charge on any atom is 0.326 e. The van der Waals surface area contributed by atoms with Crippen LogP contribution in [-0.2, 0) is 9.59 Å². The molecule has 0 bridgehead atoms. The maximum atomic E-state index is 11.7. The summed E-state index contributed by atoms with van der Waals surface area (Å²) in [4.78, 5) is 23.7. The molecule has 1 amide bonds. The molecule has 0 aliphatic carbocycles. The van der Waals surface area contributed by atoms with E-state index in [1.807, 2.05) is 24.3 Å². The molecule has 0 aromatic heterocycles. The molecule has 20 heavy (non-hydrogen) atoms. The number of carboxylic acid groups (broad SMARTS) is 1. The Balaban J connectivity index is 2.47. The van der Waals surface area contributed by atoms with Crippen LogP contribution in [0.2, 0.25) is 0 Å². The summed E-state index contributed by atoms with van der Waals surface area (Å²) >= 11 is 1.35. The molecule has 0 aliphatic heterocycles. The molecule has 1 atom stereocenters. The summed E-state index contributed by atoms with van der Waals surface area (Å²) in [6.45, 7) is 3.52. The first-order valence-electron chi connectivity index (χ1n) is 6.23. The van der Waals surface area contributed by atoms with Gasteiger partial charge in [-0.25, -0.2) is 4.79 Å². The lowest BCUT2D eigenvalue weighted by atomic mass is 10.1. The lowest BCUT2D eigenvalue weighted by Crippen LogP contribution is -2.45. The number of carbonyl (C=O) groups excluding carboxylic acids is 1. The summed E-state index contributed by atoms with van der Waals surface area (Å²) < 4.78 is 5.05. The molecule has 1 rings (SSSR count). The van der Waals surface area contributed by atoms with Gasteiger partial charge in [-0.05, 0) is 30.2 Å². The minimum atomic E-state index is -1.01. The van der Waals surface area contributed by atoms with Crippen LogP contribution < -0.4 is 10.1 Å². The second-order valence-corrected chi connectivity index (χ2v) is 5.64. The monoisotopic (exact) mass is 297 g/mol. The Kier molecular flexibility index (Phi) is 6.38. The Hall–Kier alpha value is -1.69. The van der Waals surface area contributed by atoms with Crippen molar-refractivity contribution in [3.63, 3.8) is 0 Å². The van der Waals surface area contributed by atoms with E-state index >= 15 is 0 Å². The van der Waals surface area contributed by atoms with Gasteiger partial charge in [0.25, 0.3) is 0 Å². The summed E-state index contributed by atoms with van der Waals surface area (Å²) in [6, 6.07) is 6.49. The van der Waals surface area contributed by atoms with Crippen molar-refractivity contribution in [1.29, 1.82) is 0 Å².